The van der Waals surface area contributed by atoms with Crippen LogP contribution in [0.15, 0.2) is 48.8 Å². The number of rotatable bonds is 8. The van der Waals surface area contributed by atoms with Crippen LogP contribution in [0.3, 0.4) is 0 Å². The first-order chi connectivity index (χ1) is 11.7. The molecule has 0 amide bonds. The minimum atomic E-state index is -0.322. The second-order valence-corrected chi connectivity index (χ2v) is 6.86. The van der Waals surface area contributed by atoms with Crippen molar-refractivity contribution in [2.75, 3.05) is 26.7 Å². The molecule has 24 heavy (non-hydrogen) atoms. The molecule has 1 aliphatic rings. The smallest absolute Gasteiger partial charge is 0.0793 e. The molecular formula is C19H28N4O. The molecule has 2 atom stereocenters. The minimum Gasteiger partial charge on any atom is -0.390 e. The number of aromatic nitrogens is 2. The molecule has 0 bridgehead atoms. The Balaban J connectivity index is 1.45. The Morgan fingerprint density at radius 2 is 2.12 bits per heavy atom. The number of nitrogens with zero attached hydrogens (tertiary/aromatic N) is 4. The predicted molar refractivity (Wildman–Crippen MR) is 95.6 cm³/mol. The van der Waals surface area contributed by atoms with Crippen LogP contribution in [0.2, 0.25) is 0 Å². The lowest BCUT2D eigenvalue weighted by Gasteiger charge is -2.28. The van der Waals surface area contributed by atoms with Crippen LogP contribution < -0.4 is 0 Å². The van der Waals surface area contributed by atoms with Crippen molar-refractivity contribution >= 4 is 0 Å². The summed E-state index contributed by atoms with van der Waals surface area (Å²) in [5, 5.41) is 14.8. The molecule has 1 aliphatic heterocycles. The van der Waals surface area contributed by atoms with Crippen LogP contribution in [0, 0.1) is 0 Å². The normalized spacial score (nSPS) is 19.9. The molecule has 0 unspecified atom stereocenters. The third-order valence-electron chi connectivity index (χ3n) is 4.72. The first-order valence-electron chi connectivity index (χ1n) is 8.83. The Morgan fingerprint density at radius 3 is 2.88 bits per heavy atom. The van der Waals surface area contributed by atoms with E-state index in [1.807, 2.05) is 29.2 Å². The molecule has 0 aliphatic carbocycles. The third-order valence-corrected chi connectivity index (χ3v) is 4.72. The fourth-order valence-corrected chi connectivity index (χ4v) is 3.61. The number of aliphatic hydroxyl groups excluding tert-OH is 1. The SMILES string of the molecule is CN(Cc1ccccc1)C[C@H](O)CN1CCC[C@H]1Cn1cccn1. The van der Waals surface area contributed by atoms with E-state index in [0.29, 0.717) is 12.6 Å². The van der Waals surface area contributed by atoms with Gasteiger partial charge in [-0.25, -0.2) is 0 Å². The van der Waals surface area contributed by atoms with Gasteiger partial charge in [0.05, 0.1) is 12.6 Å². The Labute approximate surface area is 144 Å². The van der Waals surface area contributed by atoms with Gasteiger partial charge >= 0.3 is 0 Å². The maximum Gasteiger partial charge on any atom is 0.0793 e. The summed E-state index contributed by atoms with van der Waals surface area (Å²) in [6.07, 6.45) is 5.91. The topological polar surface area (TPSA) is 44.5 Å². The first-order valence-corrected chi connectivity index (χ1v) is 8.83. The molecule has 0 radical (unpaired) electrons. The molecule has 2 aromatic rings. The van der Waals surface area contributed by atoms with Crippen LogP contribution in [0.4, 0.5) is 0 Å². The Morgan fingerprint density at radius 1 is 1.29 bits per heavy atom. The molecule has 0 spiro atoms. The third kappa shape index (κ3) is 4.90. The van der Waals surface area contributed by atoms with E-state index < -0.39 is 0 Å². The van der Waals surface area contributed by atoms with E-state index in [2.05, 4.69) is 46.2 Å². The van der Waals surface area contributed by atoms with E-state index in [-0.39, 0.29) is 6.10 Å². The largest absolute Gasteiger partial charge is 0.390 e. The molecule has 5 heteroatoms. The number of aliphatic hydroxyl groups is 1. The van der Waals surface area contributed by atoms with Crippen LogP contribution in [-0.2, 0) is 13.1 Å². The number of hydrogen-bond donors (Lipinski definition) is 1. The van der Waals surface area contributed by atoms with Crippen molar-refractivity contribution in [1.82, 2.24) is 19.6 Å². The van der Waals surface area contributed by atoms with Crippen LogP contribution in [0.5, 0.6) is 0 Å². The summed E-state index contributed by atoms with van der Waals surface area (Å²) < 4.78 is 2.00. The van der Waals surface area contributed by atoms with E-state index in [0.717, 1.165) is 26.2 Å². The monoisotopic (exact) mass is 328 g/mol. The van der Waals surface area contributed by atoms with Crippen LogP contribution >= 0.6 is 0 Å². The summed E-state index contributed by atoms with van der Waals surface area (Å²) >= 11 is 0. The first kappa shape index (κ1) is 17.1. The molecule has 130 valence electrons. The highest BCUT2D eigenvalue weighted by Crippen LogP contribution is 2.19. The highest BCUT2D eigenvalue weighted by Gasteiger charge is 2.26. The lowest BCUT2D eigenvalue weighted by atomic mass is 10.2. The van der Waals surface area contributed by atoms with E-state index in [4.69, 9.17) is 0 Å². The summed E-state index contributed by atoms with van der Waals surface area (Å²) in [6, 6.07) is 12.9. The van der Waals surface area contributed by atoms with Crippen molar-refractivity contribution in [1.29, 1.82) is 0 Å². The fraction of sp³-hybridized carbons (Fsp3) is 0.526. The van der Waals surface area contributed by atoms with Gasteiger partial charge in [0.2, 0.25) is 0 Å². The second-order valence-electron chi connectivity index (χ2n) is 6.86. The van der Waals surface area contributed by atoms with Crippen LogP contribution in [0.1, 0.15) is 18.4 Å². The average molecular weight is 328 g/mol. The van der Waals surface area contributed by atoms with Gasteiger partial charge in [-0.15, -0.1) is 0 Å². The van der Waals surface area contributed by atoms with E-state index >= 15 is 0 Å². The van der Waals surface area contributed by atoms with Crippen LogP contribution in [0.25, 0.3) is 0 Å². The zero-order valence-electron chi connectivity index (χ0n) is 14.5. The quantitative estimate of drug-likeness (QED) is 0.803. The highest BCUT2D eigenvalue weighted by atomic mass is 16.3. The van der Waals surface area contributed by atoms with E-state index in [1.54, 1.807) is 0 Å². The van der Waals surface area contributed by atoms with Crippen LogP contribution in [-0.4, -0.2) is 63.5 Å². The molecule has 3 rings (SSSR count). The van der Waals surface area contributed by atoms with Crippen molar-refractivity contribution in [3.63, 3.8) is 0 Å². The summed E-state index contributed by atoms with van der Waals surface area (Å²) in [7, 11) is 2.07. The molecular weight excluding hydrogens is 300 g/mol. The molecule has 2 heterocycles. The highest BCUT2D eigenvalue weighted by molar-refractivity contribution is 5.14. The molecule has 1 fully saturated rings. The van der Waals surface area contributed by atoms with Gasteiger partial charge in [0.25, 0.3) is 0 Å². The molecule has 1 saturated heterocycles. The molecule has 1 aromatic carbocycles. The average Bonchev–Trinajstić information content (AvgIpc) is 3.21. The molecule has 5 nitrogen and oxygen atoms in total. The van der Waals surface area contributed by atoms with Gasteiger partial charge in [0.15, 0.2) is 0 Å². The van der Waals surface area contributed by atoms with Gasteiger partial charge in [-0.05, 0) is 38.1 Å². The van der Waals surface area contributed by atoms with Crippen molar-refractivity contribution < 1.29 is 5.11 Å². The zero-order valence-corrected chi connectivity index (χ0v) is 14.5. The lowest BCUT2D eigenvalue weighted by molar-refractivity contribution is 0.0717. The Kier molecular flexibility index (Phi) is 6.01. The van der Waals surface area contributed by atoms with Crippen molar-refractivity contribution in [2.24, 2.45) is 0 Å². The second kappa shape index (κ2) is 8.42. The van der Waals surface area contributed by atoms with Gasteiger partial charge in [-0.3, -0.25) is 14.5 Å². The number of hydrogen-bond acceptors (Lipinski definition) is 4. The fourth-order valence-electron chi connectivity index (χ4n) is 3.61. The summed E-state index contributed by atoms with van der Waals surface area (Å²) in [4.78, 5) is 4.61. The maximum atomic E-state index is 10.5. The zero-order chi connectivity index (χ0) is 16.8. The maximum absolute atomic E-state index is 10.5. The minimum absolute atomic E-state index is 0.322. The lowest BCUT2D eigenvalue weighted by Crippen LogP contribution is -2.42. The summed E-state index contributed by atoms with van der Waals surface area (Å²) in [5.41, 5.74) is 1.28. The molecule has 1 aromatic heterocycles. The number of benzene rings is 1. The van der Waals surface area contributed by atoms with Gasteiger partial charge in [-0.2, -0.15) is 5.10 Å². The molecule has 1 N–H and O–H groups in total. The Bertz CT molecular complexity index is 587. The summed E-state index contributed by atoms with van der Waals surface area (Å²) in [6.45, 7) is 4.30. The predicted octanol–water partition coefficient (Wildman–Crippen LogP) is 1.84. The van der Waals surface area contributed by atoms with Gasteiger partial charge in [0, 0.05) is 38.1 Å². The molecule has 0 saturated carbocycles. The number of likely N-dealkylation sites (tertiary alicyclic amines) is 1. The van der Waals surface area contributed by atoms with Crippen molar-refractivity contribution in [3.05, 3.63) is 54.4 Å². The van der Waals surface area contributed by atoms with E-state index in [1.165, 1.54) is 18.4 Å². The van der Waals surface area contributed by atoms with Crippen molar-refractivity contribution in [2.45, 2.75) is 38.1 Å². The van der Waals surface area contributed by atoms with Gasteiger partial charge in [0.1, 0.15) is 0 Å². The van der Waals surface area contributed by atoms with Gasteiger partial charge in [-0.1, -0.05) is 30.3 Å². The number of β-amino-alcohol motifs (C(OH)–C–C–N with tert-alkyl or cyclic N) is 1. The van der Waals surface area contributed by atoms with E-state index in [9.17, 15) is 5.11 Å². The van der Waals surface area contributed by atoms with Crippen molar-refractivity contribution in [3.8, 4) is 0 Å². The summed E-state index contributed by atoms with van der Waals surface area (Å²) in [5.74, 6) is 0. The Hall–Kier alpha value is -1.69. The van der Waals surface area contributed by atoms with Gasteiger partial charge < -0.3 is 5.11 Å². The number of likely N-dealkylation sites (N-methyl/N-ethyl adjacent to an activating group) is 1. The standard InChI is InChI=1S/C19H28N4O/c1-21(13-17-7-3-2-4-8-17)15-19(24)16-22-11-5-9-18(22)14-23-12-6-10-20-23/h2-4,6-8,10,12,18-19,24H,5,9,11,13-16H2,1H3/t18-,19-/m0/s1.